The molecule has 1 amide bonds. The molecule has 0 aromatic carbocycles. The Morgan fingerprint density at radius 2 is 2.07 bits per heavy atom. The van der Waals surface area contributed by atoms with Gasteiger partial charge in [0, 0.05) is 36.6 Å². The van der Waals surface area contributed by atoms with Crippen molar-refractivity contribution in [3.8, 4) is 11.5 Å². The van der Waals surface area contributed by atoms with Gasteiger partial charge in [-0.3, -0.25) is 9.78 Å². The summed E-state index contributed by atoms with van der Waals surface area (Å²) in [6, 6.07) is 3.61. The zero-order chi connectivity index (χ0) is 20.2. The van der Waals surface area contributed by atoms with Gasteiger partial charge in [-0.2, -0.15) is 4.98 Å². The highest BCUT2D eigenvalue weighted by Crippen LogP contribution is 2.20. The van der Waals surface area contributed by atoms with Gasteiger partial charge in [0.15, 0.2) is 5.82 Å². The average molecular weight is 397 g/mol. The fraction of sp³-hybridized carbons (Fsp3) is 0.450. The van der Waals surface area contributed by atoms with E-state index in [1.807, 2.05) is 30.9 Å². The van der Waals surface area contributed by atoms with Gasteiger partial charge >= 0.3 is 0 Å². The molecule has 0 radical (unpaired) electrons. The molecule has 9 nitrogen and oxygen atoms in total. The highest BCUT2D eigenvalue weighted by atomic mass is 16.5. The number of carbonyl (C=O) groups is 1. The second kappa shape index (κ2) is 8.52. The van der Waals surface area contributed by atoms with E-state index >= 15 is 0 Å². The summed E-state index contributed by atoms with van der Waals surface area (Å²) in [5, 5.41) is 7.89. The minimum Gasteiger partial charge on any atom is -0.368 e. The minimum atomic E-state index is -0.0553. The average Bonchev–Trinajstić information content (AvgIpc) is 3.35. The Morgan fingerprint density at radius 1 is 1.24 bits per heavy atom. The molecule has 0 N–H and O–H groups in total. The van der Waals surface area contributed by atoms with Crippen LogP contribution in [0.25, 0.3) is 11.5 Å². The lowest BCUT2D eigenvalue weighted by molar-refractivity contribution is -0.135. The number of pyridine rings is 1. The Labute approximate surface area is 168 Å². The van der Waals surface area contributed by atoms with Crippen LogP contribution in [0.4, 0.5) is 0 Å². The number of hydrogen-bond acceptors (Lipinski definition) is 8. The normalized spacial score (nSPS) is 16.9. The third-order valence-corrected chi connectivity index (χ3v) is 5.08. The highest BCUT2D eigenvalue weighted by molar-refractivity contribution is 5.79. The molecule has 3 aromatic heterocycles. The van der Waals surface area contributed by atoms with Crippen molar-refractivity contribution < 1.29 is 18.6 Å². The molecule has 0 spiro atoms. The minimum absolute atomic E-state index is 0.0553. The fourth-order valence-corrected chi connectivity index (χ4v) is 3.43. The van der Waals surface area contributed by atoms with Gasteiger partial charge in [-0.1, -0.05) is 10.3 Å². The number of piperidine rings is 1. The Kier molecular flexibility index (Phi) is 5.66. The standard InChI is InChI=1S/C20H23N5O4/c1-13-17(14(2)28-23-13)10-19(26)25-9-3-4-16(11-25)27-12-18-22-20(29-24-18)15-5-7-21-8-6-15/h5-8,16H,3-4,9-12H2,1-2H3. The second-order valence-electron chi connectivity index (χ2n) is 7.15. The first-order chi connectivity index (χ1) is 14.1. The molecule has 0 saturated carbocycles. The van der Waals surface area contributed by atoms with Crippen molar-refractivity contribution in [3.63, 3.8) is 0 Å². The van der Waals surface area contributed by atoms with Gasteiger partial charge in [-0.25, -0.2) is 0 Å². The molecular weight excluding hydrogens is 374 g/mol. The molecular formula is C20H23N5O4. The van der Waals surface area contributed by atoms with Crippen LogP contribution in [0.3, 0.4) is 0 Å². The summed E-state index contributed by atoms with van der Waals surface area (Å²) in [5.74, 6) is 1.68. The Hall–Kier alpha value is -3.07. The van der Waals surface area contributed by atoms with Crippen molar-refractivity contribution in [1.29, 1.82) is 0 Å². The molecule has 1 aliphatic rings. The monoisotopic (exact) mass is 397 g/mol. The predicted octanol–water partition coefficient (Wildman–Crippen LogP) is 2.49. The predicted molar refractivity (Wildman–Crippen MR) is 102 cm³/mol. The van der Waals surface area contributed by atoms with Crippen LogP contribution in [0.15, 0.2) is 33.6 Å². The van der Waals surface area contributed by atoms with Crippen molar-refractivity contribution in [2.45, 2.75) is 45.8 Å². The summed E-state index contributed by atoms with van der Waals surface area (Å²) in [4.78, 5) is 22.9. The second-order valence-corrected chi connectivity index (χ2v) is 7.15. The van der Waals surface area contributed by atoms with E-state index in [9.17, 15) is 4.79 Å². The van der Waals surface area contributed by atoms with Crippen LogP contribution in [0, 0.1) is 13.8 Å². The van der Waals surface area contributed by atoms with Crippen LogP contribution in [-0.2, 0) is 22.6 Å². The number of likely N-dealkylation sites (tertiary alicyclic amines) is 1. The zero-order valence-corrected chi connectivity index (χ0v) is 16.5. The molecule has 1 aliphatic heterocycles. The van der Waals surface area contributed by atoms with E-state index in [4.69, 9.17) is 13.8 Å². The Bertz CT molecular complexity index is 949. The van der Waals surface area contributed by atoms with Crippen LogP contribution >= 0.6 is 0 Å². The van der Waals surface area contributed by atoms with E-state index in [1.165, 1.54) is 0 Å². The van der Waals surface area contributed by atoms with E-state index < -0.39 is 0 Å². The first kappa shape index (κ1) is 19.3. The molecule has 4 heterocycles. The Balaban J connectivity index is 1.31. The summed E-state index contributed by atoms with van der Waals surface area (Å²) in [6.45, 7) is 5.21. The van der Waals surface area contributed by atoms with Crippen LogP contribution in [0.5, 0.6) is 0 Å². The third kappa shape index (κ3) is 4.51. The largest absolute Gasteiger partial charge is 0.368 e. The molecule has 9 heteroatoms. The molecule has 4 rings (SSSR count). The van der Waals surface area contributed by atoms with E-state index in [-0.39, 0.29) is 18.6 Å². The zero-order valence-electron chi connectivity index (χ0n) is 16.5. The summed E-state index contributed by atoms with van der Waals surface area (Å²) < 4.78 is 16.4. The summed E-state index contributed by atoms with van der Waals surface area (Å²) in [6.07, 6.45) is 5.38. The van der Waals surface area contributed by atoms with E-state index in [1.54, 1.807) is 12.4 Å². The van der Waals surface area contributed by atoms with Crippen LogP contribution in [0.2, 0.25) is 0 Å². The van der Waals surface area contributed by atoms with Crippen LogP contribution in [-0.4, -0.2) is 50.3 Å². The van der Waals surface area contributed by atoms with E-state index in [2.05, 4.69) is 20.3 Å². The van der Waals surface area contributed by atoms with Gasteiger partial charge in [0.25, 0.3) is 5.89 Å². The summed E-state index contributed by atoms with van der Waals surface area (Å²) >= 11 is 0. The van der Waals surface area contributed by atoms with Crippen molar-refractivity contribution in [3.05, 3.63) is 47.4 Å². The molecule has 3 aromatic rings. The van der Waals surface area contributed by atoms with Gasteiger partial charge in [-0.05, 0) is 38.8 Å². The quantitative estimate of drug-likeness (QED) is 0.624. The van der Waals surface area contributed by atoms with Gasteiger partial charge in [0.2, 0.25) is 5.91 Å². The summed E-state index contributed by atoms with van der Waals surface area (Å²) in [7, 11) is 0. The van der Waals surface area contributed by atoms with E-state index in [0.29, 0.717) is 30.4 Å². The molecule has 0 bridgehead atoms. The SMILES string of the molecule is Cc1noc(C)c1CC(=O)N1CCCC(OCc2noc(-c3ccncc3)n2)C1. The first-order valence-electron chi connectivity index (χ1n) is 9.64. The smallest absolute Gasteiger partial charge is 0.258 e. The number of rotatable bonds is 6. The van der Waals surface area contributed by atoms with Crippen LogP contribution < -0.4 is 0 Å². The summed E-state index contributed by atoms with van der Waals surface area (Å²) in [5.41, 5.74) is 2.45. The van der Waals surface area contributed by atoms with Gasteiger partial charge in [0.1, 0.15) is 12.4 Å². The molecule has 152 valence electrons. The molecule has 1 unspecified atom stereocenters. The molecule has 29 heavy (non-hydrogen) atoms. The number of aromatic nitrogens is 4. The number of carbonyl (C=O) groups excluding carboxylic acids is 1. The first-order valence-corrected chi connectivity index (χ1v) is 9.64. The molecule has 1 atom stereocenters. The van der Waals surface area contributed by atoms with Crippen molar-refractivity contribution in [1.82, 2.24) is 25.2 Å². The molecule has 0 aliphatic carbocycles. The van der Waals surface area contributed by atoms with Crippen molar-refractivity contribution >= 4 is 5.91 Å². The van der Waals surface area contributed by atoms with Crippen molar-refractivity contribution in [2.24, 2.45) is 0 Å². The van der Waals surface area contributed by atoms with Crippen molar-refractivity contribution in [2.75, 3.05) is 13.1 Å². The topological polar surface area (TPSA) is 107 Å². The highest BCUT2D eigenvalue weighted by Gasteiger charge is 2.26. The lowest BCUT2D eigenvalue weighted by atomic mass is 10.1. The maximum absolute atomic E-state index is 12.7. The third-order valence-electron chi connectivity index (χ3n) is 5.08. The molecule has 1 saturated heterocycles. The fourth-order valence-electron chi connectivity index (χ4n) is 3.43. The van der Waals surface area contributed by atoms with Gasteiger partial charge < -0.3 is 18.7 Å². The number of ether oxygens (including phenoxy) is 1. The maximum Gasteiger partial charge on any atom is 0.258 e. The van der Waals surface area contributed by atoms with Crippen LogP contribution in [0.1, 0.15) is 35.7 Å². The Morgan fingerprint density at radius 3 is 2.83 bits per heavy atom. The lowest BCUT2D eigenvalue weighted by Crippen LogP contribution is -2.44. The van der Waals surface area contributed by atoms with E-state index in [0.717, 1.165) is 36.2 Å². The van der Waals surface area contributed by atoms with Gasteiger partial charge in [0.05, 0.1) is 18.2 Å². The molecule has 1 fully saturated rings. The lowest BCUT2D eigenvalue weighted by Gasteiger charge is -2.32. The number of hydrogen-bond donors (Lipinski definition) is 0. The maximum atomic E-state index is 12.7. The number of aryl methyl sites for hydroxylation is 2. The number of nitrogens with zero attached hydrogens (tertiary/aromatic N) is 5. The number of amides is 1. The van der Waals surface area contributed by atoms with Gasteiger partial charge in [-0.15, -0.1) is 0 Å².